The van der Waals surface area contributed by atoms with Crippen LogP contribution in [0.2, 0.25) is 0 Å². The van der Waals surface area contributed by atoms with Gasteiger partial charge in [-0.25, -0.2) is 9.97 Å². The van der Waals surface area contributed by atoms with Gasteiger partial charge in [0.1, 0.15) is 6.07 Å². The predicted molar refractivity (Wildman–Crippen MR) is 117 cm³/mol. The van der Waals surface area contributed by atoms with Crippen molar-refractivity contribution in [1.82, 2.24) is 9.97 Å². The second kappa shape index (κ2) is 9.05. The molecule has 0 unspecified atom stereocenters. The third kappa shape index (κ3) is 4.55. The number of anilines is 4. The molecule has 0 radical (unpaired) electrons. The van der Waals surface area contributed by atoms with E-state index in [4.69, 9.17) is 5.26 Å². The molecule has 150 valence electrons. The second-order valence-electron chi connectivity index (χ2n) is 7.13. The SMILES string of the molecule is N#Cc1ccccc1NC(=O)c1cnc(Nc2ccc(N3CCCCC3)cc2)nc1. The van der Waals surface area contributed by atoms with Gasteiger partial charge in [0.15, 0.2) is 0 Å². The molecular formula is C23H22N6O. The van der Waals surface area contributed by atoms with E-state index in [1.54, 1.807) is 24.3 Å². The molecule has 3 aromatic rings. The number of amides is 1. The first-order valence-electron chi connectivity index (χ1n) is 9.97. The van der Waals surface area contributed by atoms with E-state index in [0.29, 0.717) is 22.8 Å². The summed E-state index contributed by atoms with van der Waals surface area (Å²) < 4.78 is 0. The first kappa shape index (κ1) is 19.4. The Labute approximate surface area is 175 Å². The summed E-state index contributed by atoms with van der Waals surface area (Å²) in [5.41, 5.74) is 3.29. The first-order chi connectivity index (χ1) is 14.7. The zero-order valence-corrected chi connectivity index (χ0v) is 16.5. The van der Waals surface area contributed by atoms with E-state index in [1.807, 2.05) is 12.1 Å². The number of nitrogens with one attached hydrogen (secondary N) is 2. The summed E-state index contributed by atoms with van der Waals surface area (Å²) in [6.07, 6.45) is 6.72. The van der Waals surface area contributed by atoms with Crippen molar-refractivity contribution in [3.8, 4) is 6.07 Å². The van der Waals surface area contributed by atoms with E-state index in [-0.39, 0.29) is 5.91 Å². The second-order valence-corrected chi connectivity index (χ2v) is 7.13. The van der Waals surface area contributed by atoms with Crippen LogP contribution in [0.5, 0.6) is 0 Å². The van der Waals surface area contributed by atoms with Crippen LogP contribution in [-0.4, -0.2) is 29.0 Å². The summed E-state index contributed by atoms with van der Waals surface area (Å²) in [5.74, 6) is 0.0461. The van der Waals surface area contributed by atoms with Crippen LogP contribution in [0, 0.1) is 11.3 Å². The molecule has 2 heterocycles. The van der Waals surface area contributed by atoms with E-state index in [2.05, 4.69) is 43.7 Å². The minimum atomic E-state index is -0.366. The van der Waals surface area contributed by atoms with Gasteiger partial charge in [0.05, 0.1) is 16.8 Å². The lowest BCUT2D eigenvalue weighted by Crippen LogP contribution is -2.29. The number of nitrogens with zero attached hydrogens (tertiary/aromatic N) is 4. The van der Waals surface area contributed by atoms with Crippen molar-refractivity contribution in [1.29, 1.82) is 5.26 Å². The summed E-state index contributed by atoms with van der Waals surface area (Å²) in [6.45, 7) is 2.22. The van der Waals surface area contributed by atoms with Crippen LogP contribution in [0.3, 0.4) is 0 Å². The summed E-state index contributed by atoms with van der Waals surface area (Å²) in [7, 11) is 0. The van der Waals surface area contributed by atoms with Crippen molar-refractivity contribution in [2.45, 2.75) is 19.3 Å². The molecule has 0 saturated carbocycles. The lowest BCUT2D eigenvalue weighted by molar-refractivity contribution is 0.102. The minimum Gasteiger partial charge on any atom is -0.372 e. The van der Waals surface area contributed by atoms with Crippen LogP contribution in [0.15, 0.2) is 60.9 Å². The van der Waals surface area contributed by atoms with Crippen molar-refractivity contribution >= 4 is 28.9 Å². The first-order valence-corrected chi connectivity index (χ1v) is 9.97. The standard InChI is InChI=1S/C23H22N6O/c24-14-17-6-2-3-7-21(17)28-22(30)18-15-25-23(26-16-18)27-19-8-10-20(11-9-19)29-12-4-1-5-13-29/h2-3,6-11,15-16H,1,4-5,12-13H2,(H,28,30)(H,25,26,27). The molecule has 7 heteroatoms. The third-order valence-electron chi connectivity index (χ3n) is 5.05. The highest BCUT2D eigenvalue weighted by Crippen LogP contribution is 2.23. The van der Waals surface area contributed by atoms with Gasteiger partial charge < -0.3 is 15.5 Å². The third-order valence-corrected chi connectivity index (χ3v) is 5.05. The molecule has 0 atom stereocenters. The topological polar surface area (TPSA) is 93.9 Å². The molecule has 1 amide bonds. The molecule has 7 nitrogen and oxygen atoms in total. The van der Waals surface area contributed by atoms with E-state index in [9.17, 15) is 4.79 Å². The zero-order chi connectivity index (χ0) is 20.8. The Bertz CT molecular complexity index is 1050. The molecule has 30 heavy (non-hydrogen) atoms. The van der Waals surface area contributed by atoms with Crippen molar-refractivity contribution in [2.75, 3.05) is 28.6 Å². The van der Waals surface area contributed by atoms with Gasteiger partial charge in [0, 0.05) is 36.9 Å². The number of carbonyl (C=O) groups excluding carboxylic acids is 1. The number of carbonyl (C=O) groups is 1. The van der Waals surface area contributed by atoms with Crippen LogP contribution in [0.4, 0.5) is 23.0 Å². The maximum Gasteiger partial charge on any atom is 0.258 e. The molecule has 4 rings (SSSR count). The number of aromatic nitrogens is 2. The lowest BCUT2D eigenvalue weighted by atomic mass is 10.1. The van der Waals surface area contributed by atoms with Crippen LogP contribution in [-0.2, 0) is 0 Å². The summed E-state index contributed by atoms with van der Waals surface area (Å²) in [4.78, 5) is 23.3. The highest BCUT2D eigenvalue weighted by Gasteiger charge is 2.12. The number of piperidine rings is 1. The van der Waals surface area contributed by atoms with Crippen molar-refractivity contribution in [2.24, 2.45) is 0 Å². The average Bonchev–Trinajstić information content (AvgIpc) is 2.81. The predicted octanol–water partition coefficient (Wildman–Crippen LogP) is 4.33. The Morgan fingerprint density at radius 2 is 1.67 bits per heavy atom. The Kier molecular flexibility index (Phi) is 5.85. The fourth-order valence-corrected chi connectivity index (χ4v) is 3.43. The molecule has 1 fully saturated rings. The summed E-state index contributed by atoms with van der Waals surface area (Å²) in [5, 5.41) is 15.0. The summed E-state index contributed by atoms with van der Waals surface area (Å²) in [6, 6.07) is 17.1. The molecule has 0 spiro atoms. The van der Waals surface area contributed by atoms with Crippen molar-refractivity contribution in [3.05, 3.63) is 72.1 Å². The normalized spacial score (nSPS) is 13.4. The maximum atomic E-state index is 12.4. The van der Waals surface area contributed by atoms with Crippen LogP contribution in [0.1, 0.15) is 35.2 Å². The summed E-state index contributed by atoms with van der Waals surface area (Å²) >= 11 is 0. The van der Waals surface area contributed by atoms with Gasteiger partial charge in [-0.15, -0.1) is 0 Å². The minimum absolute atomic E-state index is 0.314. The number of hydrogen-bond donors (Lipinski definition) is 2. The van der Waals surface area contributed by atoms with Crippen molar-refractivity contribution in [3.63, 3.8) is 0 Å². The Morgan fingerprint density at radius 1 is 0.967 bits per heavy atom. The monoisotopic (exact) mass is 398 g/mol. The van der Waals surface area contributed by atoms with Gasteiger partial charge in [-0.1, -0.05) is 12.1 Å². The molecular weight excluding hydrogens is 376 g/mol. The quantitative estimate of drug-likeness (QED) is 0.664. The van der Waals surface area contributed by atoms with Crippen LogP contribution < -0.4 is 15.5 Å². The number of para-hydroxylation sites is 1. The van der Waals surface area contributed by atoms with Gasteiger partial charge in [0.2, 0.25) is 5.95 Å². The van der Waals surface area contributed by atoms with E-state index in [1.165, 1.54) is 37.3 Å². The van der Waals surface area contributed by atoms with Gasteiger partial charge in [-0.3, -0.25) is 4.79 Å². The van der Waals surface area contributed by atoms with Crippen LogP contribution >= 0.6 is 0 Å². The molecule has 1 aliphatic rings. The Balaban J connectivity index is 1.38. The number of nitriles is 1. The van der Waals surface area contributed by atoms with Crippen molar-refractivity contribution < 1.29 is 4.79 Å². The molecule has 2 aromatic carbocycles. The number of hydrogen-bond acceptors (Lipinski definition) is 6. The lowest BCUT2D eigenvalue weighted by Gasteiger charge is -2.28. The average molecular weight is 398 g/mol. The van der Waals surface area contributed by atoms with Gasteiger partial charge in [-0.05, 0) is 55.7 Å². The van der Waals surface area contributed by atoms with Gasteiger partial charge >= 0.3 is 0 Å². The molecule has 1 aromatic heterocycles. The molecule has 0 aliphatic carbocycles. The van der Waals surface area contributed by atoms with Crippen LogP contribution in [0.25, 0.3) is 0 Å². The Hall–Kier alpha value is -3.92. The maximum absolute atomic E-state index is 12.4. The fraction of sp³-hybridized carbons (Fsp3) is 0.217. The molecule has 1 aliphatic heterocycles. The Morgan fingerprint density at radius 3 is 2.37 bits per heavy atom. The number of rotatable bonds is 5. The largest absolute Gasteiger partial charge is 0.372 e. The zero-order valence-electron chi connectivity index (χ0n) is 16.5. The van der Waals surface area contributed by atoms with E-state index in [0.717, 1.165) is 18.8 Å². The van der Waals surface area contributed by atoms with Gasteiger partial charge in [-0.2, -0.15) is 5.26 Å². The highest BCUT2D eigenvalue weighted by atomic mass is 16.1. The molecule has 0 bridgehead atoms. The molecule has 2 N–H and O–H groups in total. The van der Waals surface area contributed by atoms with Gasteiger partial charge in [0.25, 0.3) is 5.91 Å². The highest BCUT2D eigenvalue weighted by molar-refractivity contribution is 6.04. The fourth-order valence-electron chi connectivity index (χ4n) is 3.43. The number of benzene rings is 2. The van der Waals surface area contributed by atoms with E-state index < -0.39 is 0 Å². The molecule has 1 saturated heterocycles. The smallest absolute Gasteiger partial charge is 0.258 e. The van der Waals surface area contributed by atoms with E-state index >= 15 is 0 Å².